The third kappa shape index (κ3) is 4.41. The summed E-state index contributed by atoms with van der Waals surface area (Å²) in [6.45, 7) is 1.99. The van der Waals surface area contributed by atoms with Gasteiger partial charge in [-0.05, 0) is 37.3 Å². The summed E-state index contributed by atoms with van der Waals surface area (Å²) in [6, 6.07) is 14.0. The molecule has 2 aromatic carbocycles. The Morgan fingerprint density at radius 1 is 1.00 bits per heavy atom. The van der Waals surface area contributed by atoms with Crippen LogP contribution in [0.1, 0.15) is 15.9 Å². The van der Waals surface area contributed by atoms with Crippen molar-refractivity contribution in [1.82, 2.24) is 0 Å². The van der Waals surface area contributed by atoms with Gasteiger partial charge in [-0.15, -0.1) is 0 Å². The molecular formula is C16H14Cl2N2O2. The quantitative estimate of drug-likeness (QED) is 0.732. The van der Waals surface area contributed by atoms with Gasteiger partial charge in [-0.2, -0.15) is 0 Å². The van der Waals surface area contributed by atoms with Gasteiger partial charge in [0.1, 0.15) is 10.3 Å². The molecular weight excluding hydrogens is 323 g/mol. The second-order valence-corrected chi connectivity index (χ2v) is 5.59. The average molecular weight is 337 g/mol. The molecule has 0 amide bonds. The van der Waals surface area contributed by atoms with Crippen LogP contribution in [0.3, 0.4) is 0 Å². The van der Waals surface area contributed by atoms with Crippen molar-refractivity contribution < 1.29 is 9.90 Å². The van der Waals surface area contributed by atoms with Crippen LogP contribution in [0, 0.1) is 6.92 Å². The molecule has 114 valence electrons. The van der Waals surface area contributed by atoms with E-state index in [4.69, 9.17) is 28.3 Å². The summed E-state index contributed by atoms with van der Waals surface area (Å²) < 4.78 is 0.0151. The first kappa shape index (κ1) is 16.2. The Bertz CT molecular complexity index is 708. The molecule has 0 saturated carbocycles. The number of carboxylic acids is 1. The van der Waals surface area contributed by atoms with Crippen molar-refractivity contribution in [2.75, 3.05) is 10.6 Å². The number of nitrogens with one attached hydrogen (secondary N) is 2. The van der Waals surface area contributed by atoms with E-state index in [-0.39, 0.29) is 10.1 Å². The molecule has 0 aliphatic rings. The Hall–Kier alpha value is -2.17. The maximum Gasteiger partial charge on any atom is 0.335 e. The molecule has 0 bridgehead atoms. The Morgan fingerprint density at radius 2 is 1.64 bits per heavy atom. The highest BCUT2D eigenvalue weighted by molar-refractivity contribution is 6.56. The van der Waals surface area contributed by atoms with Crippen LogP contribution in [0.25, 0.3) is 0 Å². The summed E-state index contributed by atoms with van der Waals surface area (Å²) in [5.41, 5.74) is 2.68. The predicted molar refractivity (Wildman–Crippen MR) is 90.6 cm³/mol. The lowest BCUT2D eigenvalue weighted by Gasteiger charge is -2.14. The predicted octanol–water partition coefficient (Wildman–Crippen LogP) is 4.82. The van der Waals surface area contributed by atoms with Crippen molar-refractivity contribution >= 4 is 40.5 Å². The molecule has 2 rings (SSSR count). The lowest BCUT2D eigenvalue weighted by Crippen LogP contribution is -2.11. The summed E-state index contributed by atoms with van der Waals surface area (Å²) in [6.07, 6.45) is 0. The molecule has 2 aromatic rings. The number of hydrogen-bond donors (Lipinski definition) is 3. The molecule has 0 aromatic heterocycles. The van der Waals surface area contributed by atoms with E-state index in [0.29, 0.717) is 11.5 Å². The monoisotopic (exact) mass is 336 g/mol. The Kier molecular flexibility index (Phi) is 5.31. The lowest BCUT2D eigenvalue weighted by atomic mass is 10.2. The molecule has 0 unspecified atom stereocenters. The van der Waals surface area contributed by atoms with Crippen molar-refractivity contribution in [1.29, 1.82) is 0 Å². The van der Waals surface area contributed by atoms with Gasteiger partial charge < -0.3 is 15.7 Å². The van der Waals surface area contributed by atoms with Crippen LogP contribution < -0.4 is 10.6 Å². The number of aromatic carboxylic acids is 1. The summed E-state index contributed by atoms with van der Waals surface area (Å²) in [7, 11) is 0. The fraction of sp³-hybridized carbons (Fsp3) is 0.0625. The molecule has 4 nitrogen and oxygen atoms in total. The topological polar surface area (TPSA) is 61.4 Å². The first-order valence-electron chi connectivity index (χ1n) is 6.45. The smallest absolute Gasteiger partial charge is 0.335 e. The molecule has 6 heteroatoms. The number of rotatable bonds is 5. The molecule has 0 spiro atoms. The fourth-order valence-corrected chi connectivity index (χ4v) is 1.97. The van der Waals surface area contributed by atoms with Gasteiger partial charge >= 0.3 is 5.97 Å². The molecule has 0 fully saturated rings. The number of benzene rings is 2. The van der Waals surface area contributed by atoms with Crippen molar-refractivity contribution in [2.24, 2.45) is 0 Å². The van der Waals surface area contributed by atoms with E-state index in [9.17, 15) is 4.79 Å². The molecule has 0 aliphatic carbocycles. The largest absolute Gasteiger partial charge is 0.478 e. The van der Waals surface area contributed by atoms with Gasteiger partial charge in [0, 0.05) is 11.4 Å². The van der Waals surface area contributed by atoms with E-state index < -0.39 is 5.97 Å². The van der Waals surface area contributed by atoms with Crippen LogP contribution in [0.2, 0.25) is 0 Å². The lowest BCUT2D eigenvalue weighted by molar-refractivity contribution is 0.0697. The number of anilines is 2. The van der Waals surface area contributed by atoms with E-state index in [1.54, 1.807) is 12.1 Å². The van der Waals surface area contributed by atoms with Crippen molar-refractivity contribution in [3.8, 4) is 0 Å². The van der Waals surface area contributed by atoms with Gasteiger partial charge in [0.05, 0.1) is 5.56 Å². The van der Waals surface area contributed by atoms with Crippen LogP contribution in [-0.2, 0) is 0 Å². The molecule has 3 N–H and O–H groups in total. The van der Waals surface area contributed by atoms with Crippen LogP contribution in [0.15, 0.2) is 58.8 Å². The number of hydrogen-bond acceptors (Lipinski definition) is 3. The minimum atomic E-state index is -1.00. The SMILES string of the molecule is Cc1ccc(NC(Nc2cccc(C(=O)O)c2)=C(Cl)Cl)cc1. The average Bonchev–Trinajstić information content (AvgIpc) is 2.49. The van der Waals surface area contributed by atoms with Gasteiger partial charge in [-0.1, -0.05) is 47.0 Å². The number of carboxylic acid groups (broad SMARTS) is 1. The Morgan fingerprint density at radius 3 is 2.23 bits per heavy atom. The van der Waals surface area contributed by atoms with Crippen LogP contribution in [0.4, 0.5) is 11.4 Å². The highest BCUT2D eigenvalue weighted by atomic mass is 35.5. The van der Waals surface area contributed by atoms with Crippen molar-refractivity contribution in [3.63, 3.8) is 0 Å². The highest BCUT2D eigenvalue weighted by Gasteiger charge is 2.07. The number of aryl methyl sites for hydroxylation is 1. The zero-order valence-electron chi connectivity index (χ0n) is 11.7. The minimum Gasteiger partial charge on any atom is -0.478 e. The van der Waals surface area contributed by atoms with E-state index in [1.807, 2.05) is 31.2 Å². The van der Waals surface area contributed by atoms with Crippen LogP contribution in [0.5, 0.6) is 0 Å². The standard InChI is InChI=1S/C16H14Cl2N2O2/c1-10-5-7-12(8-6-10)19-15(14(17)18)20-13-4-2-3-11(9-13)16(21)22/h2-9,19-20H,1H3,(H,21,22). The second kappa shape index (κ2) is 7.20. The van der Waals surface area contributed by atoms with E-state index >= 15 is 0 Å². The van der Waals surface area contributed by atoms with Crippen LogP contribution in [-0.4, -0.2) is 11.1 Å². The Labute approximate surface area is 138 Å². The molecule has 0 heterocycles. The molecule has 0 aliphatic heterocycles. The number of halogens is 2. The van der Waals surface area contributed by atoms with Gasteiger partial charge in [-0.3, -0.25) is 0 Å². The van der Waals surface area contributed by atoms with Crippen molar-refractivity contribution in [3.05, 3.63) is 70.0 Å². The summed E-state index contributed by atoms with van der Waals surface area (Å²) in [4.78, 5) is 11.0. The third-order valence-electron chi connectivity index (χ3n) is 2.89. The van der Waals surface area contributed by atoms with E-state index in [0.717, 1.165) is 11.3 Å². The fourth-order valence-electron chi connectivity index (χ4n) is 1.78. The minimum absolute atomic E-state index is 0.0151. The van der Waals surface area contributed by atoms with E-state index in [2.05, 4.69) is 10.6 Å². The molecule has 0 radical (unpaired) electrons. The summed E-state index contributed by atoms with van der Waals surface area (Å²) >= 11 is 11.8. The third-order valence-corrected chi connectivity index (χ3v) is 3.27. The maximum absolute atomic E-state index is 11.0. The summed E-state index contributed by atoms with van der Waals surface area (Å²) in [5.74, 6) is -0.632. The molecule has 0 atom stereocenters. The van der Waals surface area contributed by atoms with Crippen molar-refractivity contribution in [2.45, 2.75) is 6.92 Å². The van der Waals surface area contributed by atoms with Gasteiger partial charge in [0.2, 0.25) is 0 Å². The van der Waals surface area contributed by atoms with Gasteiger partial charge in [-0.25, -0.2) is 4.79 Å². The Balaban J connectivity index is 2.20. The normalized spacial score (nSPS) is 9.95. The second-order valence-electron chi connectivity index (χ2n) is 4.64. The zero-order valence-corrected chi connectivity index (χ0v) is 13.2. The van der Waals surface area contributed by atoms with E-state index in [1.165, 1.54) is 12.1 Å². The first-order valence-corrected chi connectivity index (χ1v) is 7.20. The van der Waals surface area contributed by atoms with Gasteiger partial charge in [0.15, 0.2) is 0 Å². The summed E-state index contributed by atoms with van der Waals surface area (Å²) in [5, 5.41) is 15.0. The van der Waals surface area contributed by atoms with Crippen LogP contribution >= 0.6 is 23.2 Å². The number of carbonyl (C=O) groups is 1. The first-order chi connectivity index (χ1) is 10.5. The molecule has 22 heavy (non-hydrogen) atoms. The highest BCUT2D eigenvalue weighted by Crippen LogP contribution is 2.21. The zero-order chi connectivity index (χ0) is 16.1. The maximum atomic E-state index is 11.0. The van der Waals surface area contributed by atoms with Gasteiger partial charge in [0.25, 0.3) is 0 Å². The molecule has 0 saturated heterocycles.